The average Bonchev–Trinajstić information content (AvgIpc) is 3.69. The van der Waals surface area contributed by atoms with Crippen LogP contribution in [0.25, 0.3) is 10.9 Å². The van der Waals surface area contributed by atoms with Crippen molar-refractivity contribution < 1.29 is 23.8 Å². The lowest BCUT2D eigenvalue weighted by Gasteiger charge is -2.21. The van der Waals surface area contributed by atoms with Gasteiger partial charge in [0, 0.05) is 35.0 Å². The number of rotatable bonds is 6. The predicted octanol–water partition coefficient (Wildman–Crippen LogP) is 3.91. The molecule has 3 aromatic rings. The van der Waals surface area contributed by atoms with Crippen molar-refractivity contribution in [1.82, 2.24) is 9.88 Å². The van der Waals surface area contributed by atoms with Gasteiger partial charge in [0.1, 0.15) is 17.7 Å². The number of ether oxygens (including phenoxy) is 1. The van der Waals surface area contributed by atoms with E-state index in [4.69, 9.17) is 4.74 Å². The number of carbonyl (C=O) groups is 2. The Morgan fingerprint density at radius 1 is 1.18 bits per heavy atom. The highest BCUT2D eigenvalue weighted by atomic mass is 19.1. The molecule has 0 bridgehead atoms. The normalized spacial score (nSPS) is 29.7. The number of aromatic nitrogens is 1. The number of nitrogens with zero attached hydrogens (tertiary/aromatic N) is 1. The van der Waals surface area contributed by atoms with E-state index in [1.807, 2.05) is 35.0 Å². The van der Waals surface area contributed by atoms with Gasteiger partial charge in [0.15, 0.2) is 0 Å². The Morgan fingerprint density at radius 2 is 2.00 bits per heavy atom. The molecule has 0 saturated heterocycles. The van der Waals surface area contributed by atoms with Gasteiger partial charge >= 0.3 is 5.97 Å². The van der Waals surface area contributed by atoms with E-state index in [0.717, 1.165) is 29.3 Å². The molecule has 1 aromatic heterocycles. The molecule has 0 radical (unpaired) electrons. The zero-order chi connectivity index (χ0) is 22.6. The number of fused-ring (bicyclic) bond motifs is 3. The number of hydrogen-bond donors (Lipinski definition) is 2. The Labute approximate surface area is 189 Å². The van der Waals surface area contributed by atoms with E-state index in [2.05, 4.69) is 5.32 Å². The van der Waals surface area contributed by atoms with Gasteiger partial charge in [-0.2, -0.15) is 0 Å². The Kier molecular flexibility index (Phi) is 3.46. The maximum Gasteiger partial charge on any atom is 0.310 e. The molecule has 2 N–H and O–H groups in total. The van der Waals surface area contributed by atoms with Gasteiger partial charge in [0.2, 0.25) is 0 Å². The summed E-state index contributed by atoms with van der Waals surface area (Å²) < 4.78 is 21.6. The quantitative estimate of drug-likeness (QED) is 0.602. The monoisotopic (exact) mass is 446 g/mol. The van der Waals surface area contributed by atoms with Gasteiger partial charge in [0.25, 0.3) is 5.91 Å². The van der Waals surface area contributed by atoms with Crippen LogP contribution in [0.1, 0.15) is 41.6 Å². The van der Waals surface area contributed by atoms with E-state index in [-0.39, 0.29) is 28.8 Å². The molecule has 1 aliphatic heterocycles. The van der Waals surface area contributed by atoms with E-state index >= 15 is 0 Å². The van der Waals surface area contributed by atoms with Crippen LogP contribution in [0, 0.1) is 16.6 Å². The summed E-state index contributed by atoms with van der Waals surface area (Å²) in [6.07, 6.45) is 5.54. The highest BCUT2D eigenvalue weighted by molar-refractivity contribution is 6.06. The lowest BCUT2D eigenvalue weighted by atomic mass is 10.0. The fraction of sp³-hybridized carbons (Fsp3) is 0.385. The summed E-state index contributed by atoms with van der Waals surface area (Å²) >= 11 is 0. The minimum atomic E-state index is -0.726. The molecular weight excluding hydrogens is 423 g/mol. The van der Waals surface area contributed by atoms with Crippen LogP contribution in [0.3, 0.4) is 0 Å². The Morgan fingerprint density at radius 3 is 2.73 bits per heavy atom. The van der Waals surface area contributed by atoms with Gasteiger partial charge in [-0.25, -0.2) is 4.39 Å². The van der Waals surface area contributed by atoms with Crippen LogP contribution in [-0.2, 0) is 17.8 Å². The molecular formula is C26H23FN2O4. The number of benzene rings is 2. The van der Waals surface area contributed by atoms with Crippen LogP contribution in [-0.4, -0.2) is 33.2 Å². The van der Waals surface area contributed by atoms with E-state index in [1.54, 1.807) is 6.07 Å². The van der Waals surface area contributed by atoms with Crippen molar-refractivity contribution in [1.29, 1.82) is 0 Å². The average molecular weight is 446 g/mol. The fourth-order valence-corrected chi connectivity index (χ4v) is 6.37. The molecule has 1 atom stereocenters. The molecule has 3 fully saturated rings. The van der Waals surface area contributed by atoms with Gasteiger partial charge in [-0.1, -0.05) is 18.2 Å². The summed E-state index contributed by atoms with van der Waals surface area (Å²) in [5, 5.41) is 13.8. The molecule has 7 heteroatoms. The van der Waals surface area contributed by atoms with Gasteiger partial charge in [0.05, 0.1) is 23.0 Å². The zero-order valence-electron chi connectivity index (χ0n) is 17.9. The first-order valence-corrected chi connectivity index (χ1v) is 11.5. The molecule has 4 aliphatic rings. The Bertz CT molecular complexity index is 1370. The molecule has 1 amide bonds. The minimum absolute atomic E-state index is 0.142. The highest BCUT2D eigenvalue weighted by Crippen LogP contribution is 2.93. The number of hydrogen-bond acceptors (Lipinski definition) is 3. The van der Waals surface area contributed by atoms with Crippen LogP contribution >= 0.6 is 0 Å². The number of amides is 1. The van der Waals surface area contributed by atoms with Crippen LogP contribution in [0.15, 0.2) is 48.7 Å². The van der Waals surface area contributed by atoms with Gasteiger partial charge in [-0.05, 0) is 49.4 Å². The lowest BCUT2D eigenvalue weighted by molar-refractivity contribution is -0.141. The smallest absolute Gasteiger partial charge is 0.310 e. The molecule has 2 aromatic carbocycles. The molecule has 3 aliphatic carbocycles. The highest BCUT2D eigenvalue weighted by Gasteiger charge is 2.95. The summed E-state index contributed by atoms with van der Waals surface area (Å²) in [6, 6.07) is 12.3. The standard InChI is InChI=1S/C26H23FN2O4/c27-17-5-4-16-10-18(33-20(16)11-17)12-29-9-6-15-2-1-3-19(21(15)29)22(30)28-26(7-8-26)25-13-24(25,14-25)23(31)32/h1-6,9,11,18H,7-8,10,12-14H2,(H,28,30)(H,31,32). The summed E-state index contributed by atoms with van der Waals surface area (Å²) in [6.45, 7) is 0.543. The van der Waals surface area contributed by atoms with Crippen molar-refractivity contribution in [2.75, 3.05) is 0 Å². The van der Waals surface area contributed by atoms with Crippen molar-refractivity contribution >= 4 is 22.8 Å². The van der Waals surface area contributed by atoms with Crippen LogP contribution < -0.4 is 10.1 Å². The Hall–Kier alpha value is -3.35. The molecule has 33 heavy (non-hydrogen) atoms. The van der Waals surface area contributed by atoms with Crippen molar-refractivity contribution in [3.05, 3.63) is 65.6 Å². The van der Waals surface area contributed by atoms with Crippen LogP contribution in [0.2, 0.25) is 0 Å². The van der Waals surface area contributed by atoms with Crippen LogP contribution in [0.4, 0.5) is 4.39 Å². The predicted molar refractivity (Wildman–Crippen MR) is 118 cm³/mol. The summed E-state index contributed by atoms with van der Waals surface area (Å²) in [5.41, 5.74) is 1.20. The topological polar surface area (TPSA) is 80.6 Å². The largest absolute Gasteiger partial charge is 0.488 e. The molecule has 3 saturated carbocycles. The third-order valence-electron chi connectivity index (χ3n) is 8.51. The fourth-order valence-electron chi connectivity index (χ4n) is 6.37. The zero-order valence-corrected chi connectivity index (χ0v) is 17.9. The number of carboxylic acid groups (broad SMARTS) is 1. The summed E-state index contributed by atoms with van der Waals surface area (Å²) in [4.78, 5) is 25.1. The number of carboxylic acids is 1. The summed E-state index contributed by atoms with van der Waals surface area (Å²) in [5.74, 6) is -0.605. The maximum atomic E-state index is 13.6. The summed E-state index contributed by atoms with van der Waals surface area (Å²) in [7, 11) is 0. The number of aliphatic carboxylic acids is 1. The van der Waals surface area contributed by atoms with Crippen LogP contribution in [0.5, 0.6) is 5.75 Å². The Balaban J connectivity index is 1.15. The number of halogens is 1. The molecule has 7 rings (SSSR count). The van der Waals surface area contributed by atoms with E-state index in [1.165, 1.54) is 12.1 Å². The van der Waals surface area contributed by atoms with Crippen molar-refractivity contribution in [3.8, 4) is 5.75 Å². The molecule has 168 valence electrons. The number of nitrogens with one attached hydrogen (secondary N) is 1. The number of carbonyl (C=O) groups excluding carboxylic acids is 1. The first-order chi connectivity index (χ1) is 15.9. The third-order valence-corrected chi connectivity index (χ3v) is 8.51. The van der Waals surface area contributed by atoms with Crippen molar-refractivity contribution in [2.24, 2.45) is 10.8 Å². The minimum Gasteiger partial charge on any atom is -0.488 e. The van der Waals surface area contributed by atoms with E-state index < -0.39 is 11.4 Å². The lowest BCUT2D eigenvalue weighted by Crippen LogP contribution is -2.41. The molecule has 1 unspecified atom stereocenters. The second kappa shape index (κ2) is 5.95. The second-order valence-corrected chi connectivity index (χ2v) is 10.3. The van der Waals surface area contributed by atoms with E-state index in [0.29, 0.717) is 37.1 Å². The molecule has 0 spiro atoms. The third kappa shape index (κ3) is 2.48. The van der Waals surface area contributed by atoms with Crippen molar-refractivity contribution in [3.63, 3.8) is 0 Å². The number of para-hydroxylation sites is 1. The van der Waals surface area contributed by atoms with Gasteiger partial charge in [-0.3, -0.25) is 9.59 Å². The molecule has 2 heterocycles. The first-order valence-electron chi connectivity index (χ1n) is 11.5. The maximum absolute atomic E-state index is 13.6. The first kappa shape index (κ1) is 19.1. The van der Waals surface area contributed by atoms with Gasteiger partial charge < -0.3 is 19.7 Å². The molecule has 6 nitrogen and oxygen atoms in total. The van der Waals surface area contributed by atoms with Crippen molar-refractivity contribution in [2.45, 2.75) is 50.3 Å². The second-order valence-electron chi connectivity index (χ2n) is 10.3. The van der Waals surface area contributed by atoms with E-state index in [9.17, 15) is 19.1 Å². The van der Waals surface area contributed by atoms with Gasteiger partial charge in [-0.15, -0.1) is 0 Å². The SMILES string of the molecule is O=C(NC1(C23CC2(C(=O)O)C3)CC1)c1cccc2ccn(CC3Cc4ccc(F)cc4O3)c12.